The molecule has 2 N–H and O–H groups in total. The number of benzene rings is 2. The van der Waals surface area contributed by atoms with Crippen LogP contribution in [0.5, 0.6) is 5.75 Å². The summed E-state index contributed by atoms with van der Waals surface area (Å²) in [6.45, 7) is 11.7. The van der Waals surface area contributed by atoms with E-state index in [0.717, 1.165) is 99.3 Å². The monoisotopic (exact) mass is 819 g/mol. The second-order valence-corrected chi connectivity index (χ2v) is 17.9. The molecule has 2 atom stereocenters. The first kappa shape index (κ1) is 39.8. The van der Waals surface area contributed by atoms with Crippen LogP contribution in [0.4, 0.5) is 17.2 Å². The van der Waals surface area contributed by atoms with Gasteiger partial charge < -0.3 is 29.9 Å². The zero-order valence-electron chi connectivity index (χ0n) is 34.5. The number of piperazine rings is 1. The van der Waals surface area contributed by atoms with E-state index in [1.807, 2.05) is 24.3 Å². The molecule has 16 nitrogen and oxygen atoms in total. The number of hydrogen-bond acceptors (Lipinski definition) is 14. The Kier molecular flexibility index (Phi) is 10.5. The molecule has 7 heterocycles. The van der Waals surface area contributed by atoms with Gasteiger partial charge in [0.25, 0.3) is 17.7 Å². The molecule has 316 valence electrons. The van der Waals surface area contributed by atoms with Crippen molar-refractivity contribution in [2.45, 2.75) is 83.5 Å². The molecule has 0 saturated carbocycles. The molecule has 6 aliphatic rings. The van der Waals surface area contributed by atoms with E-state index < -0.39 is 47.8 Å². The zero-order valence-corrected chi connectivity index (χ0v) is 34.5. The van der Waals surface area contributed by atoms with Crippen molar-refractivity contribution in [1.29, 1.82) is 0 Å². The lowest BCUT2D eigenvalue weighted by atomic mass is 9.95. The fraction of sp³-hybridized carbons (Fsp3) is 0.523. The van der Waals surface area contributed by atoms with Crippen LogP contribution in [0.2, 0.25) is 0 Å². The third-order valence-corrected chi connectivity index (χ3v) is 13.3. The molecule has 60 heavy (non-hydrogen) atoms. The van der Waals surface area contributed by atoms with Gasteiger partial charge in [0.05, 0.1) is 39.7 Å². The van der Waals surface area contributed by atoms with Crippen LogP contribution in [-0.2, 0) is 19.1 Å². The van der Waals surface area contributed by atoms with E-state index in [-0.39, 0.29) is 24.2 Å². The van der Waals surface area contributed by atoms with E-state index in [4.69, 9.17) is 4.74 Å². The van der Waals surface area contributed by atoms with Gasteiger partial charge in [0.1, 0.15) is 11.8 Å². The summed E-state index contributed by atoms with van der Waals surface area (Å²) in [6.07, 6.45) is 4.05. The molecule has 1 aromatic heterocycles. The quantitative estimate of drug-likeness (QED) is 0.262. The number of aromatic nitrogens is 2. The second kappa shape index (κ2) is 15.8. The third-order valence-electron chi connectivity index (χ3n) is 13.3. The van der Waals surface area contributed by atoms with Crippen molar-refractivity contribution in [2.24, 2.45) is 5.41 Å². The Hall–Kier alpha value is -5.61. The van der Waals surface area contributed by atoms with Gasteiger partial charge in [0, 0.05) is 63.3 Å². The van der Waals surface area contributed by atoms with Gasteiger partial charge in [-0.2, -0.15) is 0 Å². The number of piperidine rings is 3. The summed E-state index contributed by atoms with van der Waals surface area (Å²) in [4.78, 5) is 78.4. The van der Waals surface area contributed by atoms with Crippen molar-refractivity contribution in [3.63, 3.8) is 0 Å². The highest BCUT2D eigenvalue weighted by Gasteiger charge is 2.49. The maximum atomic E-state index is 14.1. The summed E-state index contributed by atoms with van der Waals surface area (Å²) in [7, 11) is 0. The van der Waals surface area contributed by atoms with Crippen molar-refractivity contribution < 1.29 is 33.8 Å². The van der Waals surface area contributed by atoms with Gasteiger partial charge >= 0.3 is 5.97 Å². The first-order valence-corrected chi connectivity index (χ1v) is 21.3. The molecule has 16 heteroatoms. The number of nitrogens with zero attached hydrogens (tertiary/aromatic N) is 8. The van der Waals surface area contributed by atoms with Crippen LogP contribution in [0.1, 0.15) is 80.0 Å². The predicted molar refractivity (Wildman–Crippen MR) is 222 cm³/mol. The standard InChI is InChI=1S/C44H53N9O7/c1-44(2,3)43(59)60-26-52-37(55)12-11-34(41(52)57)53-40(56)31-8-6-9-33(38(31)42(53)58)49-19-15-27(16-20-49)48-17-13-28(14-18-48)50-21-22-51-29(25-50)24-45-39-35(51)23-32(46-47-39)30-7-4-5-10-36(30)54/h4-10,23,27-29,34,54H,11-22,24-26H2,1-3H3,(H,45,47). The van der Waals surface area contributed by atoms with Crippen LogP contribution < -0.4 is 15.1 Å². The van der Waals surface area contributed by atoms with E-state index in [0.29, 0.717) is 40.6 Å². The number of likely N-dealkylation sites (tertiary alicyclic amines) is 2. The number of amides is 4. The van der Waals surface area contributed by atoms with E-state index in [2.05, 4.69) is 35.1 Å². The van der Waals surface area contributed by atoms with Crippen molar-refractivity contribution in [2.75, 3.05) is 74.2 Å². The number of nitrogens with one attached hydrogen (secondary N) is 1. The Labute approximate surface area is 349 Å². The molecule has 3 aromatic rings. The number of carbonyl (C=O) groups excluding carboxylic acids is 5. The summed E-state index contributed by atoms with van der Waals surface area (Å²) in [5, 5.41) is 22.8. The Balaban J connectivity index is 0.787. The molecule has 0 radical (unpaired) electrons. The number of phenolic OH excluding ortho intramolecular Hbond substituents is 1. The smallest absolute Gasteiger partial charge is 0.312 e. The van der Waals surface area contributed by atoms with E-state index in [1.54, 1.807) is 45.0 Å². The summed E-state index contributed by atoms with van der Waals surface area (Å²) in [5.41, 5.74) is 2.81. The fourth-order valence-electron chi connectivity index (χ4n) is 9.92. The minimum atomic E-state index is -1.16. The normalized spacial score (nSPS) is 23.4. The van der Waals surface area contributed by atoms with Gasteiger partial charge in [0.15, 0.2) is 12.5 Å². The molecule has 2 unspecified atom stereocenters. The fourth-order valence-corrected chi connectivity index (χ4v) is 9.92. The maximum Gasteiger partial charge on any atom is 0.312 e. The molecule has 6 aliphatic heterocycles. The van der Waals surface area contributed by atoms with Gasteiger partial charge in [-0.15, -0.1) is 10.2 Å². The molecule has 4 saturated heterocycles. The molecule has 0 bridgehead atoms. The van der Waals surface area contributed by atoms with Crippen molar-refractivity contribution in [1.82, 2.24) is 29.8 Å². The molecule has 4 amide bonds. The molecule has 0 spiro atoms. The third kappa shape index (κ3) is 7.22. The number of carbonyl (C=O) groups is 5. The molecule has 2 aromatic carbocycles. The molecule has 9 rings (SSSR count). The zero-order chi connectivity index (χ0) is 41.9. The lowest BCUT2D eigenvalue weighted by molar-refractivity contribution is -0.168. The van der Waals surface area contributed by atoms with Gasteiger partial charge in [-0.3, -0.25) is 33.8 Å². The lowest BCUT2D eigenvalue weighted by Gasteiger charge is -2.50. The number of hydrogen-bond donors (Lipinski definition) is 2. The summed E-state index contributed by atoms with van der Waals surface area (Å²) in [6, 6.07) is 14.7. The van der Waals surface area contributed by atoms with Crippen molar-refractivity contribution in [3.05, 3.63) is 59.7 Å². The highest BCUT2D eigenvalue weighted by Crippen LogP contribution is 2.39. The van der Waals surface area contributed by atoms with E-state index in [9.17, 15) is 29.1 Å². The first-order chi connectivity index (χ1) is 28.9. The van der Waals surface area contributed by atoms with Crippen LogP contribution in [0.15, 0.2) is 48.5 Å². The SMILES string of the molecule is CC(C)(C)C(=O)OCN1C(=O)CCC(N2C(=O)c3cccc(N4CCC(N5CCC(N6CCN7c8cc(-c9ccccc9O)nnc8NCC7C6)CC5)CC4)c3C2=O)C1=O. The van der Waals surface area contributed by atoms with Gasteiger partial charge in [-0.25, -0.2) is 4.90 Å². The van der Waals surface area contributed by atoms with Gasteiger partial charge in [-0.1, -0.05) is 18.2 Å². The van der Waals surface area contributed by atoms with Gasteiger partial charge in [-0.05, 0) is 96.3 Å². The number of aromatic hydroxyl groups is 1. The van der Waals surface area contributed by atoms with Gasteiger partial charge in [0.2, 0.25) is 5.91 Å². The molecule has 4 fully saturated rings. The van der Waals surface area contributed by atoms with Crippen LogP contribution in [0.25, 0.3) is 11.3 Å². The highest BCUT2D eigenvalue weighted by atomic mass is 16.5. The summed E-state index contributed by atoms with van der Waals surface area (Å²) < 4.78 is 5.27. The Morgan fingerprint density at radius 3 is 2.27 bits per heavy atom. The number of imide groups is 2. The number of rotatable bonds is 7. The summed E-state index contributed by atoms with van der Waals surface area (Å²) in [5.74, 6) is -1.90. The Morgan fingerprint density at radius 2 is 1.52 bits per heavy atom. The minimum Gasteiger partial charge on any atom is -0.507 e. The maximum absolute atomic E-state index is 14.1. The predicted octanol–water partition coefficient (Wildman–Crippen LogP) is 3.56. The Bertz CT molecular complexity index is 2210. The number of anilines is 3. The first-order valence-electron chi connectivity index (χ1n) is 21.3. The topological polar surface area (TPSA) is 172 Å². The van der Waals surface area contributed by atoms with Crippen molar-refractivity contribution in [3.8, 4) is 17.0 Å². The number of para-hydroxylation sites is 1. The van der Waals surface area contributed by atoms with Crippen LogP contribution in [0.3, 0.4) is 0 Å². The minimum absolute atomic E-state index is 0.0190. The molecular weight excluding hydrogens is 767 g/mol. The van der Waals surface area contributed by atoms with E-state index >= 15 is 0 Å². The Morgan fingerprint density at radius 1 is 0.800 bits per heavy atom. The average molecular weight is 820 g/mol. The number of esters is 1. The second-order valence-electron chi connectivity index (χ2n) is 17.9. The number of fused-ring (bicyclic) bond motifs is 4. The lowest BCUT2D eigenvalue weighted by Crippen LogP contribution is -2.61. The van der Waals surface area contributed by atoms with Crippen molar-refractivity contribution >= 4 is 46.8 Å². The molecular formula is C44H53N9O7. The van der Waals surface area contributed by atoms with Crippen LogP contribution in [-0.4, -0.2) is 148 Å². The van der Waals surface area contributed by atoms with Crippen LogP contribution in [0, 0.1) is 5.41 Å². The number of phenols is 1. The average Bonchev–Trinajstić information content (AvgIpc) is 3.51. The van der Waals surface area contributed by atoms with E-state index in [1.165, 1.54) is 0 Å². The number of ether oxygens (including phenoxy) is 1. The van der Waals surface area contributed by atoms with Crippen LogP contribution >= 0.6 is 0 Å². The molecule has 0 aliphatic carbocycles. The summed E-state index contributed by atoms with van der Waals surface area (Å²) >= 11 is 0. The highest BCUT2D eigenvalue weighted by molar-refractivity contribution is 6.25. The largest absolute Gasteiger partial charge is 0.507 e.